The maximum atomic E-state index is 6.06. The average Bonchev–Trinajstić information content (AvgIpc) is 2.37. The van der Waals surface area contributed by atoms with Gasteiger partial charge in [-0.25, -0.2) is 0 Å². The van der Waals surface area contributed by atoms with Crippen LogP contribution in [0.25, 0.3) is 0 Å². The second-order valence-corrected chi connectivity index (χ2v) is 5.94. The van der Waals surface area contributed by atoms with Gasteiger partial charge >= 0.3 is 0 Å². The molecule has 0 aliphatic carbocycles. The Labute approximate surface area is 121 Å². The first kappa shape index (κ1) is 13.2. The van der Waals surface area contributed by atoms with Gasteiger partial charge in [0, 0.05) is 25.3 Å². The molecule has 0 amide bonds. The fourth-order valence-corrected chi connectivity index (χ4v) is 3.25. The van der Waals surface area contributed by atoms with E-state index in [-0.39, 0.29) is 0 Å². The molecular formula is C18H22N2. The van der Waals surface area contributed by atoms with E-state index in [0.29, 0.717) is 0 Å². The first-order valence-corrected chi connectivity index (χ1v) is 7.27. The molecule has 0 fully saturated rings. The number of hydrogen-bond acceptors (Lipinski definition) is 2. The summed E-state index contributed by atoms with van der Waals surface area (Å²) in [4.78, 5) is 2.51. The second kappa shape index (κ2) is 5.29. The highest BCUT2D eigenvalue weighted by molar-refractivity contribution is 5.51. The largest absolute Gasteiger partial charge is 0.398 e. The molecule has 0 saturated heterocycles. The molecular weight excluding hydrogens is 244 g/mol. The third-order valence-corrected chi connectivity index (χ3v) is 4.07. The minimum atomic E-state index is 0.952. The Balaban J connectivity index is 1.77. The highest BCUT2D eigenvalue weighted by atomic mass is 15.1. The van der Waals surface area contributed by atoms with Crippen LogP contribution < -0.4 is 5.73 Å². The zero-order chi connectivity index (χ0) is 14.1. The summed E-state index contributed by atoms with van der Waals surface area (Å²) in [5.41, 5.74) is 13.9. The van der Waals surface area contributed by atoms with Crippen molar-refractivity contribution in [3.8, 4) is 0 Å². The summed E-state index contributed by atoms with van der Waals surface area (Å²) in [6.07, 6.45) is 1.06. The highest BCUT2D eigenvalue weighted by Gasteiger charge is 2.17. The summed E-state index contributed by atoms with van der Waals surface area (Å²) < 4.78 is 0. The summed E-state index contributed by atoms with van der Waals surface area (Å²) in [5.74, 6) is 0. The normalized spacial score (nSPS) is 15.1. The molecule has 2 heteroatoms. The van der Waals surface area contributed by atoms with Crippen molar-refractivity contribution in [3.63, 3.8) is 0 Å². The SMILES string of the molecule is Cc1cc(C)cc(CN2CCc3c(N)cccc3C2)c1. The van der Waals surface area contributed by atoms with Gasteiger partial charge in [-0.15, -0.1) is 0 Å². The van der Waals surface area contributed by atoms with Crippen molar-refractivity contribution in [2.45, 2.75) is 33.4 Å². The molecule has 0 spiro atoms. The molecule has 104 valence electrons. The molecule has 0 radical (unpaired) electrons. The molecule has 3 rings (SSSR count). The Morgan fingerprint density at radius 2 is 1.85 bits per heavy atom. The molecule has 0 bridgehead atoms. The van der Waals surface area contributed by atoms with E-state index in [4.69, 9.17) is 5.73 Å². The van der Waals surface area contributed by atoms with Crippen molar-refractivity contribution < 1.29 is 0 Å². The van der Waals surface area contributed by atoms with Gasteiger partial charge in [-0.2, -0.15) is 0 Å². The summed E-state index contributed by atoms with van der Waals surface area (Å²) in [6, 6.07) is 13.1. The topological polar surface area (TPSA) is 29.3 Å². The van der Waals surface area contributed by atoms with Crippen molar-refractivity contribution in [1.82, 2.24) is 4.90 Å². The Morgan fingerprint density at radius 3 is 2.60 bits per heavy atom. The van der Waals surface area contributed by atoms with E-state index in [0.717, 1.165) is 31.7 Å². The molecule has 2 aromatic carbocycles. The zero-order valence-corrected chi connectivity index (χ0v) is 12.3. The van der Waals surface area contributed by atoms with Crippen LogP contribution in [0.1, 0.15) is 27.8 Å². The van der Waals surface area contributed by atoms with Crippen LogP contribution in [0.15, 0.2) is 36.4 Å². The number of benzene rings is 2. The van der Waals surface area contributed by atoms with Crippen molar-refractivity contribution in [2.75, 3.05) is 12.3 Å². The lowest BCUT2D eigenvalue weighted by Crippen LogP contribution is -2.30. The lowest BCUT2D eigenvalue weighted by molar-refractivity contribution is 0.246. The quantitative estimate of drug-likeness (QED) is 0.844. The number of fused-ring (bicyclic) bond motifs is 1. The van der Waals surface area contributed by atoms with Crippen molar-refractivity contribution in [3.05, 3.63) is 64.2 Å². The first-order chi connectivity index (χ1) is 9.61. The van der Waals surface area contributed by atoms with Gasteiger partial charge in [-0.05, 0) is 43.0 Å². The van der Waals surface area contributed by atoms with Gasteiger partial charge in [0.2, 0.25) is 0 Å². The Bertz CT molecular complexity index is 611. The van der Waals surface area contributed by atoms with Crippen molar-refractivity contribution in [2.24, 2.45) is 0 Å². The summed E-state index contributed by atoms with van der Waals surface area (Å²) in [6.45, 7) is 7.46. The fraction of sp³-hybridized carbons (Fsp3) is 0.333. The minimum Gasteiger partial charge on any atom is -0.398 e. The van der Waals surface area contributed by atoms with E-state index >= 15 is 0 Å². The average molecular weight is 266 g/mol. The summed E-state index contributed by atoms with van der Waals surface area (Å²) in [7, 11) is 0. The molecule has 0 saturated carbocycles. The third kappa shape index (κ3) is 2.70. The lowest BCUT2D eigenvalue weighted by atomic mass is 9.97. The van der Waals surface area contributed by atoms with Crippen molar-refractivity contribution >= 4 is 5.69 Å². The maximum Gasteiger partial charge on any atom is 0.0350 e. The predicted molar refractivity (Wildman–Crippen MR) is 84.6 cm³/mol. The Kier molecular flexibility index (Phi) is 3.49. The number of nitrogen functional groups attached to an aromatic ring is 1. The van der Waals surface area contributed by atoms with E-state index in [9.17, 15) is 0 Å². The van der Waals surface area contributed by atoms with Gasteiger partial charge in [-0.1, -0.05) is 41.5 Å². The van der Waals surface area contributed by atoms with Gasteiger partial charge in [-0.3, -0.25) is 4.90 Å². The van der Waals surface area contributed by atoms with E-state index < -0.39 is 0 Å². The van der Waals surface area contributed by atoms with Crippen LogP contribution in [-0.2, 0) is 19.5 Å². The number of rotatable bonds is 2. The zero-order valence-electron chi connectivity index (χ0n) is 12.3. The van der Waals surface area contributed by atoms with E-state index in [1.165, 1.54) is 27.8 Å². The highest BCUT2D eigenvalue weighted by Crippen LogP contribution is 2.25. The van der Waals surface area contributed by atoms with E-state index in [2.05, 4.69) is 49.1 Å². The number of anilines is 1. The van der Waals surface area contributed by atoms with Gasteiger partial charge in [0.25, 0.3) is 0 Å². The monoisotopic (exact) mass is 266 g/mol. The molecule has 0 atom stereocenters. The summed E-state index contributed by atoms with van der Waals surface area (Å²) in [5, 5.41) is 0. The van der Waals surface area contributed by atoms with Crippen LogP contribution in [0.5, 0.6) is 0 Å². The molecule has 2 N–H and O–H groups in total. The smallest absolute Gasteiger partial charge is 0.0350 e. The van der Waals surface area contributed by atoms with Gasteiger partial charge in [0.15, 0.2) is 0 Å². The molecule has 1 aliphatic rings. The van der Waals surface area contributed by atoms with Gasteiger partial charge in [0.05, 0.1) is 0 Å². The van der Waals surface area contributed by atoms with Gasteiger partial charge in [0.1, 0.15) is 0 Å². The van der Waals surface area contributed by atoms with Crippen molar-refractivity contribution in [1.29, 1.82) is 0 Å². The molecule has 1 heterocycles. The van der Waals surface area contributed by atoms with E-state index in [1.54, 1.807) is 0 Å². The standard InChI is InChI=1S/C18H22N2/c1-13-8-14(2)10-15(9-13)11-20-7-6-17-16(12-20)4-3-5-18(17)19/h3-5,8-10H,6-7,11-12,19H2,1-2H3. The van der Waals surface area contributed by atoms with Crippen LogP contribution in [0, 0.1) is 13.8 Å². The van der Waals surface area contributed by atoms with Crippen LogP contribution >= 0.6 is 0 Å². The second-order valence-electron chi connectivity index (χ2n) is 5.94. The molecule has 0 unspecified atom stereocenters. The number of nitrogens with zero attached hydrogens (tertiary/aromatic N) is 1. The molecule has 2 aromatic rings. The minimum absolute atomic E-state index is 0.952. The summed E-state index contributed by atoms with van der Waals surface area (Å²) >= 11 is 0. The molecule has 2 nitrogen and oxygen atoms in total. The molecule has 20 heavy (non-hydrogen) atoms. The predicted octanol–water partition coefficient (Wildman–Crippen LogP) is 3.44. The van der Waals surface area contributed by atoms with Crippen LogP contribution in [0.2, 0.25) is 0 Å². The third-order valence-electron chi connectivity index (χ3n) is 4.07. The van der Waals surface area contributed by atoms with E-state index in [1.807, 2.05) is 6.07 Å². The first-order valence-electron chi connectivity index (χ1n) is 7.27. The maximum absolute atomic E-state index is 6.06. The molecule has 0 aromatic heterocycles. The number of nitrogens with two attached hydrogens (primary N) is 1. The fourth-order valence-electron chi connectivity index (χ4n) is 3.25. The van der Waals surface area contributed by atoms with Crippen LogP contribution in [0.3, 0.4) is 0 Å². The Morgan fingerprint density at radius 1 is 1.10 bits per heavy atom. The Hall–Kier alpha value is -1.80. The lowest BCUT2D eigenvalue weighted by Gasteiger charge is -2.29. The number of aryl methyl sites for hydroxylation is 2. The van der Waals surface area contributed by atoms with Gasteiger partial charge < -0.3 is 5.73 Å². The van der Waals surface area contributed by atoms with Crippen LogP contribution in [-0.4, -0.2) is 11.4 Å². The number of hydrogen-bond donors (Lipinski definition) is 1. The molecule has 1 aliphatic heterocycles. The van der Waals surface area contributed by atoms with Crippen LogP contribution in [0.4, 0.5) is 5.69 Å².